The van der Waals surface area contributed by atoms with Gasteiger partial charge in [-0.15, -0.1) is 0 Å². The smallest absolute Gasteiger partial charge is 0.316 e. The van der Waals surface area contributed by atoms with Crippen LogP contribution in [0.3, 0.4) is 0 Å². The molecular formula is C27H22N2O5. The van der Waals surface area contributed by atoms with Crippen molar-refractivity contribution < 1.29 is 23.9 Å². The average molecular weight is 454 g/mol. The van der Waals surface area contributed by atoms with E-state index in [0.717, 1.165) is 21.7 Å². The summed E-state index contributed by atoms with van der Waals surface area (Å²) in [4.78, 5) is 53.7. The molecular weight excluding hydrogens is 432 g/mol. The zero-order chi connectivity index (χ0) is 24.0. The van der Waals surface area contributed by atoms with E-state index in [1.54, 1.807) is 47.4 Å². The molecule has 2 aliphatic heterocycles. The van der Waals surface area contributed by atoms with Crippen LogP contribution in [0.2, 0.25) is 0 Å². The number of carbonyl (C=O) groups is 4. The first-order valence-corrected chi connectivity index (χ1v) is 11.0. The molecule has 1 fully saturated rings. The summed E-state index contributed by atoms with van der Waals surface area (Å²) in [5.74, 6) is -1.91. The van der Waals surface area contributed by atoms with Crippen LogP contribution in [0.1, 0.15) is 38.3 Å². The maximum atomic E-state index is 12.9. The molecule has 3 amide bonds. The molecule has 7 nitrogen and oxygen atoms in total. The minimum atomic E-state index is -0.615. The Hall–Kier alpha value is -4.26. The molecule has 170 valence electrons. The number of benzene rings is 3. The Morgan fingerprint density at radius 1 is 0.824 bits per heavy atom. The van der Waals surface area contributed by atoms with Crippen molar-refractivity contribution in [2.75, 3.05) is 16.3 Å². The SMILES string of the molecule is Cc1cc(C)cc(N2C[C@H](C(=O)Oc3cccc(N4C(=O)c5ccccc5C4=O)c3)CC2=O)c1. The van der Waals surface area contributed by atoms with E-state index >= 15 is 0 Å². The summed E-state index contributed by atoms with van der Waals surface area (Å²) in [7, 11) is 0. The number of rotatable bonds is 4. The van der Waals surface area contributed by atoms with E-state index in [0.29, 0.717) is 16.8 Å². The highest BCUT2D eigenvalue weighted by molar-refractivity contribution is 6.34. The van der Waals surface area contributed by atoms with Gasteiger partial charge in [0, 0.05) is 24.7 Å². The van der Waals surface area contributed by atoms with Gasteiger partial charge in [0.15, 0.2) is 0 Å². The first-order chi connectivity index (χ1) is 16.3. The fraction of sp³-hybridized carbons (Fsp3) is 0.185. The molecule has 0 aromatic heterocycles. The average Bonchev–Trinajstić information content (AvgIpc) is 3.31. The molecule has 0 saturated carbocycles. The van der Waals surface area contributed by atoms with E-state index in [9.17, 15) is 19.2 Å². The summed E-state index contributed by atoms with van der Waals surface area (Å²) in [6.45, 7) is 4.16. The number of hydrogen-bond acceptors (Lipinski definition) is 5. The predicted octanol–water partition coefficient (Wildman–Crippen LogP) is 4.06. The van der Waals surface area contributed by atoms with Crippen molar-refractivity contribution in [1.82, 2.24) is 0 Å². The van der Waals surface area contributed by atoms with Crippen LogP contribution >= 0.6 is 0 Å². The number of nitrogens with zero attached hydrogens (tertiary/aromatic N) is 2. The van der Waals surface area contributed by atoms with E-state index in [1.165, 1.54) is 6.07 Å². The number of hydrogen-bond donors (Lipinski definition) is 0. The van der Waals surface area contributed by atoms with Crippen LogP contribution in [0.4, 0.5) is 11.4 Å². The van der Waals surface area contributed by atoms with Crippen LogP contribution < -0.4 is 14.5 Å². The Labute approximate surface area is 196 Å². The van der Waals surface area contributed by atoms with E-state index in [-0.39, 0.29) is 24.6 Å². The van der Waals surface area contributed by atoms with Crippen molar-refractivity contribution in [3.8, 4) is 5.75 Å². The first kappa shape index (κ1) is 21.6. The lowest BCUT2D eigenvalue weighted by atomic mass is 10.1. The zero-order valence-corrected chi connectivity index (χ0v) is 18.8. The van der Waals surface area contributed by atoms with Gasteiger partial charge in [0.1, 0.15) is 5.75 Å². The minimum absolute atomic E-state index is 0.0594. The van der Waals surface area contributed by atoms with Gasteiger partial charge in [0.05, 0.1) is 22.7 Å². The van der Waals surface area contributed by atoms with Gasteiger partial charge in [-0.25, -0.2) is 4.90 Å². The molecule has 0 aliphatic carbocycles. The van der Waals surface area contributed by atoms with Crippen LogP contribution in [0.25, 0.3) is 0 Å². The highest BCUT2D eigenvalue weighted by Crippen LogP contribution is 2.32. The highest BCUT2D eigenvalue weighted by Gasteiger charge is 2.38. The molecule has 5 rings (SSSR count). The molecule has 0 unspecified atom stereocenters. The molecule has 0 bridgehead atoms. The van der Waals surface area contributed by atoms with E-state index in [2.05, 4.69) is 0 Å². The van der Waals surface area contributed by atoms with Crippen molar-refractivity contribution in [3.05, 3.63) is 89.0 Å². The Morgan fingerprint density at radius 3 is 2.12 bits per heavy atom. The molecule has 1 saturated heterocycles. The van der Waals surface area contributed by atoms with E-state index < -0.39 is 23.7 Å². The lowest BCUT2D eigenvalue weighted by Gasteiger charge is -2.18. The highest BCUT2D eigenvalue weighted by atomic mass is 16.5. The second-order valence-corrected chi connectivity index (χ2v) is 8.66. The minimum Gasteiger partial charge on any atom is -0.426 e. The fourth-order valence-electron chi connectivity index (χ4n) is 4.53. The van der Waals surface area contributed by atoms with Gasteiger partial charge in [-0.3, -0.25) is 19.2 Å². The fourth-order valence-corrected chi connectivity index (χ4v) is 4.53. The van der Waals surface area contributed by atoms with E-state index in [4.69, 9.17) is 4.74 Å². The summed E-state index contributed by atoms with van der Waals surface area (Å²) < 4.78 is 5.56. The van der Waals surface area contributed by atoms with Gasteiger partial charge in [0.2, 0.25) is 5.91 Å². The molecule has 7 heteroatoms. The molecule has 2 aliphatic rings. The van der Waals surface area contributed by atoms with Gasteiger partial charge in [-0.05, 0) is 61.4 Å². The van der Waals surface area contributed by atoms with Crippen LogP contribution in [-0.2, 0) is 9.59 Å². The number of carbonyl (C=O) groups excluding carboxylic acids is 4. The van der Waals surface area contributed by atoms with Crippen molar-refractivity contribution in [1.29, 1.82) is 0 Å². The maximum absolute atomic E-state index is 12.9. The van der Waals surface area contributed by atoms with Crippen molar-refractivity contribution in [3.63, 3.8) is 0 Å². The number of amides is 3. The summed E-state index contributed by atoms with van der Waals surface area (Å²) >= 11 is 0. The summed E-state index contributed by atoms with van der Waals surface area (Å²) in [5.41, 5.74) is 3.84. The van der Waals surface area contributed by atoms with Gasteiger partial charge in [-0.1, -0.05) is 24.3 Å². The lowest BCUT2D eigenvalue weighted by Crippen LogP contribution is -2.29. The van der Waals surface area contributed by atoms with Crippen LogP contribution in [0.5, 0.6) is 5.75 Å². The number of anilines is 2. The second-order valence-electron chi connectivity index (χ2n) is 8.66. The standard InChI is InChI=1S/C27H22N2O5/c1-16-10-17(2)12-20(11-16)28-15-18(13-24(28)30)27(33)34-21-7-5-6-19(14-21)29-25(31)22-8-3-4-9-23(22)26(29)32/h3-12,14,18H,13,15H2,1-2H3/t18-/m1/s1. The summed E-state index contributed by atoms with van der Waals surface area (Å²) in [6.07, 6.45) is 0.0594. The monoisotopic (exact) mass is 454 g/mol. The van der Waals surface area contributed by atoms with Crippen molar-refractivity contribution in [2.24, 2.45) is 5.92 Å². The molecule has 3 aromatic rings. The molecule has 0 spiro atoms. The van der Waals surface area contributed by atoms with Gasteiger partial charge >= 0.3 is 5.97 Å². The summed E-state index contributed by atoms with van der Waals surface area (Å²) in [5, 5.41) is 0. The number of fused-ring (bicyclic) bond motifs is 1. The third-order valence-electron chi connectivity index (χ3n) is 6.06. The van der Waals surface area contributed by atoms with Crippen LogP contribution in [0, 0.1) is 19.8 Å². The second kappa shape index (κ2) is 8.26. The van der Waals surface area contributed by atoms with E-state index in [1.807, 2.05) is 32.0 Å². The van der Waals surface area contributed by atoms with Gasteiger partial charge in [0.25, 0.3) is 11.8 Å². The molecule has 2 heterocycles. The zero-order valence-electron chi connectivity index (χ0n) is 18.8. The lowest BCUT2D eigenvalue weighted by molar-refractivity contribution is -0.139. The first-order valence-electron chi connectivity index (χ1n) is 11.0. The third kappa shape index (κ3) is 3.75. The van der Waals surface area contributed by atoms with Gasteiger partial charge < -0.3 is 9.64 Å². The molecule has 0 radical (unpaired) electrons. The van der Waals surface area contributed by atoms with Crippen LogP contribution in [0.15, 0.2) is 66.7 Å². The Balaban J connectivity index is 1.32. The number of aryl methyl sites for hydroxylation is 2. The Bertz CT molecular complexity index is 1310. The largest absolute Gasteiger partial charge is 0.426 e. The topological polar surface area (TPSA) is 84.0 Å². The number of imide groups is 1. The van der Waals surface area contributed by atoms with Crippen molar-refractivity contribution >= 4 is 35.1 Å². The third-order valence-corrected chi connectivity index (χ3v) is 6.06. The number of esters is 1. The quantitative estimate of drug-likeness (QED) is 0.337. The molecule has 1 atom stereocenters. The Kier molecular flexibility index (Phi) is 5.24. The molecule has 0 N–H and O–H groups in total. The normalized spacial score (nSPS) is 17.4. The predicted molar refractivity (Wildman–Crippen MR) is 126 cm³/mol. The molecule has 3 aromatic carbocycles. The van der Waals surface area contributed by atoms with Gasteiger partial charge in [-0.2, -0.15) is 0 Å². The Morgan fingerprint density at radius 2 is 1.47 bits per heavy atom. The maximum Gasteiger partial charge on any atom is 0.316 e. The summed E-state index contributed by atoms with van der Waals surface area (Å²) in [6, 6.07) is 18.8. The van der Waals surface area contributed by atoms with Crippen LogP contribution in [-0.4, -0.2) is 30.2 Å². The number of ether oxygens (including phenoxy) is 1. The van der Waals surface area contributed by atoms with Crippen molar-refractivity contribution in [2.45, 2.75) is 20.3 Å². The molecule has 34 heavy (non-hydrogen) atoms.